The van der Waals surface area contributed by atoms with Crippen LogP contribution in [0.5, 0.6) is 0 Å². The fourth-order valence-corrected chi connectivity index (χ4v) is 9.50. The van der Waals surface area contributed by atoms with Gasteiger partial charge in [-0.2, -0.15) is 0 Å². The van der Waals surface area contributed by atoms with E-state index in [0.717, 1.165) is 135 Å². The summed E-state index contributed by atoms with van der Waals surface area (Å²) in [7, 11) is 5.92. The van der Waals surface area contributed by atoms with Crippen molar-refractivity contribution in [3.63, 3.8) is 0 Å². The summed E-state index contributed by atoms with van der Waals surface area (Å²) in [5.41, 5.74) is 0. The predicted molar refractivity (Wildman–Crippen MR) is 388 cm³/mol. The molecule has 0 aromatic heterocycles. The number of rotatable bonds is 65. The number of aliphatic carboxylic acids is 1. The lowest BCUT2D eigenvalue weighted by Gasteiger charge is -2.26. The summed E-state index contributed by atoms with van der Waals surface area (Å²) in [5, 5.41) is 11.8. The van der Waals surface area contributed by atoms with Gasteiger partial charge in [0.2, 0.25) is 0 Å². The molecule has 2 atom stereocenters. The molecule has 0 bridgehead atoms. The average Bonchev–Trinajstić information content (AvgIpc) is 3.53. The highest BCUT2D eigenvalue weighted by atomic mass is 16.7. The van der Waals surface area contributed by atoms with E-state index in [1.54, 1.807) is 0 Å². The number of carboxylic acids is 1. The number of hydrogen-bond acceptors (Lipinski definition) is 8. The molecule has 0 saturated carbocycles. The second kappa shape index (κ2) is 70.5. The highest BCUT2D eigenvalue weighted by Crippen LogP contribution is 2.16. The number of ether oxygens (including phenoxy) is 4. The number of nitrogens with zero attached hydrogens (tertiary/aromatic N) is 1. The number of carbonyl (C=O) groups excluding carboxylic acids is 3. The normalized spacial score (nSPS) is 13.7. The first-order valence-corrected chi connectivity index (χ1v) is 36.3. The maximum Gasteiger partial charge on any atom is 0.306 e. The molecular formula is C82H133NO8. The molecule has 0 aromatic rings. The van der Waals surface area contributed by atoms with Crippen molar-refractivity contribution < 1.29 is 42.9 Å². The molecule has 0 fully saturated rings. The number of esters is 2. The maximum absolute atomic E-state index is 12.9. The van der Waals surface area contributed by atoms with Gasteiger partial charge in [0.1, 0.15) is 13.2 Å². The van der Waals surface area contributed by atoms with Crippen LogP contribution in [0, 0.1) is 0 Å². The van der Waals surface area contributed by atoms with Gasteiger partial charge in [-0.25, -0.2) is 0 Å². The van der Waals surface area contributed by atoms with Gasteiger partial charge in [0.25, 0.3) is 0 Å². The van der Waals surface area contributed by atoms with Crippen LogP contribution in [0.4, 0.5) is 0 Å². The number of carboxylic acid groups (broad SMARTS) is 1. The summed E-state index contributed by atoms with van der Waals surface area (Å²) < 4.78 is 22.8. The molecule has 0 saturated heterocycles. The Bertz CT molecular complexity index is 2100. The number of quaternary nitrogens is 1. The molecule has 0 aliphatic rings. The summed E-state index contributed by atoms with van der Waals surface area (Å²) in [4.78, 5) is 37.5. The number of likely N-dealkylation sites (N-methyl/N-ethyl adjacent to an activating group) is 1. The quantitative estimate of drug-likeness (QED) is 0.0195. The number of hydrogen-bond donors (Lipinski definition) is 0. The Morgan fingerprint density at radius 1 is 0.330 bits per heavy atom. The van der Waals surface area contributed by atoms with Gasteiger partial charge in [0, 0.05) is 12.8 Å². The second-order valence-corrected chi connectivity index (χ2v) is 24.8. The van der Waals surface area contributed by atoms with Crippen LogP contribution in [0.3, 0.4) is 0 Å². The van der Waals surface area contributed by atoms with E-state index >= 15 is 0 Å². The summed E-state index contributed by atoms with van der Waals surface area (Å²) in [6, 6.07) is 0. The van der Waals surface area contributed by atoms with Crippen LogP contribution in [0.2, 0.25) is 0 Å². The molecule has 514 valence electrons. The predicted octanol–water partition coefficient (Wildman–Crippen LogP) is 21.7. The molecule has 0 N–H and O–H groups in total. The number of unbranched alkanes of at least 4 members (excludes halogenated alkanes) is 22. The molecule has 0 spiro atoms. The van der Waals surface area contributed by atoms with Crippen LogP contribution in [-0.4, -0.2) is 82.3 Å². The Balaban J connectivity index is 4.15. The van der Waals surface area contributed by atoms with Crippen LogP contribution in [0.15, 0.2) is 170 Å². The molecular weight excluding hydrogens is 1130 g/mol. The minimum atomic E-state index is -1.63. The first-order valence-electron chi connectivity index (χ1n) is 36.3. The van der Waals surface area contributed by atoms with Crippen LogP contribution in [0.1, 0.15) is 271 Å². The van der Waals surface area contributed by atoms with Crippen molar-refractivity contribution in [3.05, 3.63) is 170 Å². The maximum atomic E-state index is 12.9. The van der Waals surface area contributed by atoms with Crippen molar-refractivity contribution in [1.29, 1.82) is 0 Å². The molecule has 0 aliphatic heterocycles. The van der Waals surface area contributed by atoms with Crippen molar-refractivity contribution in [2.45, 2.75) is 283 Å². The Morgan fingerprint density at radius 2 is 0.593 bits per heavy atom. The summed E-state index contributed by atoms with van der Waals surface area (Å²) >= 11 is 0. The third kappa shape index (κ3) is 71.9. The van der Waals surface area contributed by atoms with E-state index < -0.39 is 24.3 Å². The first-order chi connectivity index (χ1) is 44.6. The first kappa shape index (κ1) is 85.7. The number of carbonyl (C=O) groups is 3. The largest absolute Gasteiger partial charge is 0.545 e. The molecule has 9 heteroatoms. The summed E-state index contributed by atoms with van der Waals surface area (Å²) in [6.45, 7) is 4.51. The molecule has 0 heterocycles. The van der Waals surface area contributed by atoms with Crippen molar-refractivity contribution in [2.24, 2.45) is 0 Å². The van der Waals surface area contributed by atoms with Crippen LogP contribution in [0.25, 0.3) is 0 Å². The van der Waals surface area contributed by atoms with Crippen LogP contribution >= 0.6 is 0 Å². The Kier molecular flexibility index (Phi) is 66.4. The van der Waals surface area contributed by atoms with Gasteiger partial charge in [-0.3, -0.25) is 9.59 Å². The van der Waals surface area contributed by atoms with Gasteiger partial charge < -0.3 is 33.3 Å². The fraction of sp³-hybridized carbons (Fsp3) is 0.622. The Labute approximate surface area is 558 Å². The lowest BCUT2D eigenvalue weighted by atomic mass is 10.0. The molecule has 0 radical (unpaired) electrons. The van der Waals surface area contributed by atoms with Gasteiger partial charge in [-0.15, -0.1) is 0 Å². The lowest BCUT2D eigenvalue weighted by Crippen LogP contribution is -2.44. The van der Waals surface area contributed by atoms with E-state index in [2.05, 4.69) is 184 Å². The lowest BCUT2D eigenvalue weighted by molar-refractivity contribution is -0.870. The van der Waals surface area contributed by atoms with E-state index in [4.69, 9.17) is 18.9 Å². The fourth-order valence-electron chi connectivity index (χ4n) is 9.50. The van der Waals surface area contributed by atoms with Gasteiger partial charge in [-0.05, 0) is 128 Å². The van der Waals surface area contributed by atoms with Crippen LogP contribution in [-0.2, 0) is 33.3 Å². The van der Waals surface area contributed by atoms with E-state index in [-0.39, 0.29) is 38.6 Å². The van der Waals surface area contributed by atoms with Crippen molar-refractivity contribution in [3.8, 4) is 0 Å². The third-order valence-electron chi connectivity index (χ3n) is 15.0. The molecule has 0 aliphatic carbocycles. The molecule has 9 nitrogen and oxygen atoms in total. The Morgan fingerprint density at radius 3 is 0.879 bits per heavy atom. The SMILES string of the molecule is CC/C=C\C/C=C\C/C=C\C/C=C\C/C=C\C/C=C\C/C=C\C/C=C\C/C=C\C/C=C\CCCCCCCCCCCCC(=O)OC(COC(=O)CCCCCCCCCCCCCC/C=C\C/C=C\C/C=C\C/C=C\CC)COC(OCC[N+](C)(C)C)C(=O)[O-]. The van der Waals surface area contributed by atoms with Crippen molar-refractivity contribution >= 4 is 17.9 Å². The highest BCUT2D eigenvalue weighted by Gasteiger charge is 2.22. The summed E-state index contributed by atoms with van der Waals surface area (Å²) in [6.07, 6.45) is 103. The van der Waals surface area contributed by atoms with Crippen LogP contribution < -0.4 is 5.11 Å². The van der Waals surface area contributed by atoms with E-state index in [9.17, 15) is 19.5 Å². The molecule has 0 amide bonds. The van der Waals surface area contributed by atoms with Crippen molar-refractivity contribution in [2.75, 3.05) is 47.5 Å². The summed E-state index contributed by atoms with van der Waals surface area (Å²) in [5.74, 6) is -2.30. The highest BCUT2D eigenvalue weighted by molar-refractivity contribution is 5.70. The average molecular weight is 1260 g/mol. The topological polar surface area (TPSA) is 111 Å². The Hall–Kier alpha value is -5.35. The van der Waals surface area contributed by atoms with Crippen molar-refractivity contribution in [1.82, 2.24) is 0 Å². The number of allylic oxidation sites excluding steroid dienone is 28. The van der Waals surface area contributed by atoms with E-state index in [0.29, 0.717) is 17.4 Å². The molecule has 0 rings (SSSR count). The van der Waals surface area contributed by atoms with E-state index in [1.165, 1.54) is 103 Å². The minimum absolute atomic E-state index is 0.139. The standard InChI is InChI=1S/C82H133NO8/c1-6-8-10-12-14-16-18-20-22-24-26-28-30-32-33-34-35-36-37-38-39-40-41-42-43-44-45-46-47-49-51-53-55-57-59-61-63-65-67-69-71-73-80(85)91-78(77-90-82(81(86)87)88-75-74-83(3,4)5)76-89-79(84)72-70-68-66-64-62-60-58-56-54-52-50-48-31-29-27-25-23-21-19-17-15-13-11-9-7-2/h8-11,14-17,20-23,26-29,32-33,35-36,38-39,41-42,44-45,47,49,78,82H,6-7,12-13,18-19,24-25,30-31,34,37,40,43,46,48,50-77H2,1-5H3/b10-8-,11-9-,16-14-,17-15-,22-20-,23-21-,28-26-,29-27-,33-32-,36-35-,39-38-,42-41-,45-44-,49-47-. The van der Waals surface area contributed by atoms with Gasteiger partial charge >= 0.3 is 11.9 Å². The third-order valence-corrected chi connectivity index (χ3v) is 15.0. The molecule has 91 heavy (non-hydrogen) atoms. The zero-order valence-corrected chi connectivity index (χ0v) is 58.6. The zero-order chi connectivity index (χ0) is 66.1. The molecule has 0 aromatic carbocycles. The van der Waals surface area contributed by atoms with Gasteiger partial charge in [0.15, 0.2) is 12.4 Å². The smallest absolute Gasteiger partial charge is 0.306 e. The van der Waals surface area contributed by atoms with Gasteiger partial charge in [0.05, 0.1) is 40.3 Å². The van der Waals surface area contributed by atoms with E-state index in [1.807, 2.05) is 21.1 Å². The molecule has 2 unspecified atom stereocenters. The van der Waals surface area contributed by atoms with Gasteiger partial charge in [-0.1, -0.05) is 300 Å². The second-order valence-electron chi connectivity index (χ2n) is 24.8. The zero-order valence-electron chi connectivity index (χ0n) is 58.6. The monoisotopic (exact) mass is 1260 g/mol. The minimum Gasteiger partial charge on any atom is -0.545 e.